The van der Waals surface area contributed by atoms with E-state index < -0.39 is 31.7 Å². The molecule has 0 unspecified atom stereocenters. The average molecular weight is 542 g/mol. The van der Waals surface area contributed by atoms with E-state index in [1.54, 1.807) is 12.1 Å². The second-order valence-electron chi connectivity index (χ2n) is 8.89. The molecule has 0 spiro atoms. The van der Waals surface area contributed by atoms with E-state index in [-0.39, 0.29) is 46.6 Å². The van der Waals surface area contributed by atoms with Gasteiger partial charge in [-0.1, -0.05) is 42.5 Å². The Morgan fingerprint density at radius 3 is 1.33 bits per heavy atom. The van der Waals surface area contributed by atoms with E-state index in [1.165, 1.54) is 6.07 Å². The molecule has 0 aliphatic heterocycles. The van der Waals surface area contributed by atoms with Crippen LogP contribution in [0.25, 0.3) is 0 Å². The SMILES string of the molecule is CN(C)c1ccc(C(c2ccc(N(C)C)cc2)c2ccc(CS(=O)(=O)O)c(CS(=O)(=O)O)c2)cc1.[Na]. The molecular weight excluding hydrogens is 511 g/mol. The predicted octanol–water partition coefficient (Wildman–Crippen LogP) is 3.39. The molecule has 0 atom stereocenters. The number of hydrogen-bond acceptors (Lipinski definition) is 6. The minimum absolute atomic E-state index is 0. The minimum atomic E-state index is -4.44. The van der Waals surface area contributed by atoms with Gasteiger partial charge in [-0.15, -0.1) is 0 Å². The van der Waals surface area contributed by atoms with E-state index in [4.69, 9.17) is 0 Å². The van der Waals surface area contributed by atoms with Crippen LogP contribution in [0.4, 0.5) is 11.4 Å². The van der Waals surface area contributed by atoms with Gasteiger partial charge in [-0.25, -0.2) is 0 Å². The van der Waals surface area contributed by atoms with Crippen molar-refractivity contribution in [3.63, 3.8) is 0 Å². The fourth-order valence-corrected chi connectivity index (χ4v) is 5.34. The summed E-state index contributed by atoms with van der Waals surface area (Å²) in [4.78, 5) is 3.97. The number of hydrogen-bond donors (Lipinski definition) is 2. The van der Waals surface area contributed by atoms with E-state index >= 15 is 0 Å². The number of anilines is 2. The largest absolute Gasteiger partial charge is 0.378 e. The molecule has 8 nitrogen and oxygen atoms in total. The first-order valence-corrected chi connectivity index (χ1v) is 14.0. The molecule has 189 valence electrons. The van der Waals surface area contributed by atoms with Crippen molar-refractivity contribution in [2.75, 3.05) is 38.0 Å². The average Bonchev–Trinajstić information content (AvgIpc) is 2.74. The molecule has 0 amide bonds. The molecule has 0 fully saturated rings. The molecule has 1 radical (unpaired) electrons. The molecule has 11 heteroatoms. The Kier molecular flexibility index (Phi) is 10.2. The van der Waals surface area contributed by atoms with Crippen LogP contribution in [0, 0.1) is 0 Å². The van der Waals surface area contributed by atoms with Crippen LogP contribution in [-0.4, -0.2) is 83.7 Å². The molecule has 0 aliphatic rings. The summed E-state index contributed by atoms with van der Waals surface area (Å²) in [5, 5.41) is 0. The third kappa shape index (κ3) is 8.31. The summed E-state index contributed by atoms with van der Waals surface area (Å²) in [7, 11) is -1.06. The number of rotatable bonds is 9. The first-order valence-electron chi connectivity index (χ1n) is 10.8. The maximum absolute atomic E-state index is 11.7. The van der Waals surface area contributed by atoms with E-state index in [1.807, 2.05) is 86.5 Å². The van der Waals surface area contributed by atoms with Crippen LogP contribution < -0.4 is 9.80 Å². The summed E-state index contributed by atoms with van der Waals surface area (Å²) < 4.78 is 65.1. The van der Waals surface area contributed by atoms with Gasteiger partial charge in [-0.05, 0) is 52.1 Å². The fraction of sp³-hybridized carbons (Fsp3) is 0.280. The standard InChI is InChI=1S/C25H30N2O6S2.Na/c1-26(2)23-11-7-18(8-12-23)25(19-9-13-24(14-10-19)27(3)4)20-5-6-21(16-34(28,29)30)22(15-20)17-35(31,32)33;/h5-15,25H,16-17H2,1-4H3,(H,28,29,30)(H,31,32,33);. The normalized spacial score (nSPS) is 11.8. The number of benzene rings is 3. The molecular formula is C25H30N2NaO6S2. The van der Waals surface area contributed by atoms with Crippen LogP contribution >= 0.6 is 0 Å². The molecule has 36 heavy (non-hydrogen) atoms. The van der Waals surface area contributed by atoms with Crippen molar-refractivity contribution >= 4 is 61.2 Å². The second-order valence-corrected chi connectivity index (χ2v) is 11.8. The van der Waals surface area contributed by atoms with E-state index in [0.717, 1.165) is 28.1 Å². The molecule has 3 rings (SSSR count). The molecule has 0 aromatic heterocycles. The third-order valence-electron chi connectivity index (χ3n) is 5.73. The van der Waals surface area contributed by atoms with Crippen molar-refractivity contribution in [2.45, 2.75) is 17.4 Å². The monoisotopic (exact) mass is 541 g/mol. The van der Waals surface area contributed by atoms with Crippen LogP contribution in [-0.2, 0) is 31.7 Å². The molecule has 0 bridgehead atoms. The maximum atomic E-state index is 11.7. The van der Waals surface area contributed by atoms with Gasteiger partial charge in [0, 0.05) is 75.0 Å². The van der Waals surface area contributed by atoms with Gasteiger partial charge in [0.1, 0.15) is 11.5 Å². The molecule has 2 N–H and O–H groups in total. The summed E-state index contributed by atoms with van der Waals surface area (Å²) in [6.45, 7) is 0. The molecule has 0 saturated heterocycles. The zero-order valence-corrected chi connectivity index (χ0v) is 24.7. The Morgan fingerprint density at radius 2 is 0.972 bits per heavy atom. The van der Waals surface area contributed by atoms with Gasteiger partial charge in [0.05, 0.1) is 0 Å². The molecule has 0 aliphatic carbocycles. The zero-order valence-electron chi connectivity index (χ0n) is 21.1. The summed E-state index contributed by atoms with van der Waals surface area (Å²) in [5.74, 6) is -1.81. The summed E-state index contributed by atoms with van der Waals surface area (Å²) >= 11 is 0. The van der Waals surface area contributed by atoms with Crippen LogP contribution in [0.3, 0.4) is 0 Å². The van der Waals surface area contributed by atoms with Crippen molar-refractivity contribution in [1.29, 1.82) is 0 Å². The smallest absolute Gasteiger partial charge is 0.269 e. The van der Waals surface area contributed by atoms with Crippen molar-refractivity contribution < 1.29 is 25.9 Å². The molecule has 0 saturated carbocycles. The van der Waals surface area contributed by atoms with Gasteiger partial charge in [-0.3, -0.25) is 9.11 Å². The Bertz CT molecular complexity index is 1340. The van der Waals surface area contributed by atoms with Crippen molar-refractivity contribution in [1.82, 2.24) is 0 Å². The number of nitrogens with zero attached hydrogens (tertiary/aromatic N) is 2. The molecule has 3 aromatic carbocycles. The quantitative estimate of drug-likeness (QED) is 0.241. The van der Waals surface area contributed by atoms with Crippen LogP contribution in [0.2, 0.25) is 0 Å². The summed E-state index contributed by atoms with van der Waals surface area (Å²) in [5.41, 5.74) is 4.89. The summed E-state index contributed by atoms with van der Waals surface area (Å²) in [6.07, 6.45) is 0. The van der Waals surface area contributed by atoms with Crippen LogP contribution in [0.1, 0.15) is 33.7 Å². The molecule has 3 aromatic rings. The van der Waals surface area contributed by atoms with E-state index in [9.17, 15) is 25.9 Å². The minimum Gasteiger partial charge on any atom is -0.378 e. The van der Waals surface area contributed by atoms with Gasteiger partial charge in [-0.2, -0.15) is 16.8 Å². The zero-order chi connectivity index (χ0) is 26.0. The van der Waals surface area contributed by atoms with E-state index in [2.05, 4.69) is 0 Å². The van der Waals surface area contributed by atoms with Gasteiger partial charge in [0.15, 0.2) is 0 Å². The third-order valence-corrected chi connectivity index (χ3v) is 7.08. The van der Waals surface area contributed by atoms with Gasteiger partial charge < -0.3 is 9.80 Å². The first-order chi connectivity index (χ1) is 16.2. The van der Waals surface area contributed by atoms with Crippen molar-refractivity contribution in [3.05, 3.63) is 94.5 Å². The Hall–Kier alpha value is -1.92. The Morgan fingerprint density at radius 1 is 0.611 bits per heavy atom. The second kappa shape index (κ2) is 12.1. The van der Waals surface area contributed by atoms with Crippen molar-refractivity contribution in [3.8, 4) is 0 Å². The van der Waals surface area contributed by atoms with Gasteiger partial charge in [0.25, 0.3) is 20.2 Å². The Labute approximate surface area is 235 Å². The predicted molar refractivity (Wildman–Crippen MR) is 145 cm³/mol. The topological polar surface area (TPSA) is 115 Å². The van der Waals surface area contributed by atoms with Crippen LogP contribution in [0.5, 0.6) is 0 Å². The first kappa shape index (κ1) is 30.3. The van der Waals surface area contributed by atoms with Crippen molar-refractivity contribution in [2.24, 2.45) is 0 Å². The fourth-order valence-electron chi connectivity index (χ4n) is 4.00. The van der Waals surface area contributed by atoms with Crippen LogP contribution in [0.15, 0.2) is 66.7 Å². The summed E-state index contributed by atoms with van der Waals surface area (Å²) in [6, 6.07) is 20.7. The molecule has 0 heterocycles. The maximum Gasteiger partial charge on any atom is 0.269 e. The van der Waals surface area contributed by atoms with E-state index in [0.29, 0.717) is 0 Å². The van der Waals surface area contributed by atoms with Gasteiger partial charge in [0.2, 0.25) is 0 Å². The Balaban J connectivity index is 0.00000456. The van der Waals surface area contributed by atoms with Gasteiger partial charge >= 0.3 is 0 Å².